The standard InChI is InChI=1S/C17H28N4O3S/c1-13-18-14(12-25-13)10-20-6-8-21(9-7-20)15(22)11-19(5)16(23)24-17(2,3)4/h12H,6-11H2,1-5H3. The van der Waals surface area contributed by atoms with Crippen molar-refractivity contribution >= 4 is 23.3 Å². The molecule has 0 radical (unpaired) electrons. The van der Waals surface area contributed by atoms with E-state index in [1.165, 1.54) is 4.90 Å². The van der Waals surface area contributed by atoms with Crippen LogP contribution in [-0.2, 0) is 16.1 Å². The predicted molar refractivity (Wildman–Crippen MR) is 97.6 cm³/mol. The first kappa shape index (κ1) is 19.7. The quantitative estimate of drug-likeness (QED) is 0.813. The Bertz CT molecular complexity index is 603. The van der Waals surface area contributed by atoms with Crippen LogP contribution < -0.4 is 0 Å². The summed E-state index contributed by atoms with van der Waals surface area (Å²) >= 11 is 1.66. The number of amides is 2. The van der Waals surface area contributed by atoms with Crippen molar-refractivity contribution in [3.63, 3.8) is 0 Å². The Hall–Kier alpha value is -1.67. The Morgan fingerprint density at radius 2 is 1.92 bits per heavy atom. The Balaban J connectivity index is 1.76. The van der Waals surface area contributed by atoms with Crippen LogP contribution in [0.25, 0.3) is 0 Å². The van der Waals surface area contributed by atoms with Gasteiger partial charge in [-0.15, -0.1) is 11.3 Å². The van der Waals surface area contributed by atoms with Gasteiger partial charge in [0.1, 0.15) is 12.1 Å². The van der Waals surface area contributed by atoms with Gasteiger partial charge < -0.3 is 14.5 Å². The molecule has 0 atom stereocenters. The summed E-state index contributed by atoms with van der Waals surface area (Å²) in [4.78, 5) is 34.3. The molecule has 0 N–H and O–H groups in total. The summed E-state index contributed by atoms with van der Waals surface area (Å²) in [5.41, 5.74) is 0.528. The molecule has 25 heavy (non-hydrogen) atoms. The van der Waals surface area contributed by atoms with Crippen molar-refractivity contribution in [1.82, 2.24) is 19.7 Å². The summed E-state index contributed by atoms with van der Waals surface area (Å²) in [5, 5.41) is 3.16. The molecule has 2 heterocycles. The molecular formula is C17H28N4O3S. The molecule has 7 nitrogen and oxygen atoms in total. The highest BCUT2D eigenvalue weighted by atomic mass is 32.1. The first-order valence-corrected chi connectivity index (χ1v) is 9.37. The fraction of sp³-hybridized carbons (Fsp3) is 0.706. The predicted octanol–water partition coefficient (Wildman–Crippen LogP) is 1.96. The van der Waals surface area contributed by atoms with Gasteiger partial charge in [-0.25, -0.2) is 9.78 Å². The molecule has 1 aliphatic rings. The molecular weight excluding hydrogens is 340 g/mol. The molecule has 1 saturated heterocycles. The summed E-state index contributed by atoms with van der Waals surface area (Å²) in [6, 6.07) is 0. The number of carbonyl (C=O) groups excluding carboxylic acids is 2. The topological polar surface area (TPSA) is 66.0 Å². The van der Waals surface area contributed by atoms with Gasteiger partial charge in [-0.1, -0.05) is 0 Å². The van der Waals surface area contributed by atoms with E-state index in [9.17, 15) is 9.59 Å². The molecule has 140 valence electrons. The molecule has 0 spiro atoms. The minimum absolute atomic E-state index is 0.0419. The Labute approximate surface area is 153 Å². The lowest BCUT2D eigenvalue weighted by Crippen LogP contribution is -2.51. The van der Waals surface area contributed by atoms with Gasteiger partial charge in [0.05, 0.1) is 10.7 Å². The number of aromatic nitrogens is 1. The summed E-state index contributed by atoms with van der Waals surface area (Å²) in [5.74, 6) is -0.0440. The van der Waals surface area contributed by atoms with Crippen molar-refractivity contribution in [2.24, 2.45) is 0 Å². The van der Waals surface area contributed by atoms with Crippen LogP contribution in [0.2, 0.25) is 0 Å². The molecule has 1 aromatic rings. The minimum atomic E-state index is -0.561. The number of hydrogen-bond acceptors (Lipinski definition) is 6. The second-order valence-corrected chi connectivity index (χ2v) is 8.41. The number of nitrogens with zero attached hydrogens (tertiary/aromatic N) is 4. The van der Waals surface area contributed by atoms with Crippen molar-refractivity contribution in [3.05, 3.63) is 16.1 Å². The monoisotopic (exact) mass is 368 g/mol. The van der Waals surface area contributed by atoms with Crippen molar-refractivity contribution in [1.29, 1.82) is 0 Å². The molecule has 0 aromatic carbocycles. The lowest BCUT2D eigenvalue weighted by atomic mass is 10.2. The number of carbonyl (C=O) groups is 2. The van der Waals surface area contributed by atoms with E-state index in [1.54, 1.807) is 18.4 Å². The maximum Gasteiger partial charge on any atom is 0.410 e. The van der Waals surface area contributed by atoms with Gasteiger partial charge in [-0.05, 0) is 27.7 Å². The highest BCUT2D eigenvalue weighted by molar-refractivity contribution is 7.09. The van der Waals surface area contributed by atoms with Crippen LogP contribution in [0.1, 0.15) is 31.5 Å². The molecule has 8 heteroatoms. The van der Waals surface area contributed by atoms with Crippen LogP contribution >= 0.6 is 11.3 Å². The van der Waals surface area contributed by atoms with Gasteiger partial charge in [-0.3, -0.25) is 9.69 Å². The van der Waals surface area contributed by atoms with Gasteiger partial charge in [0.2, 0.25) is 5.91 Å². The zero-order valence-electron chi connectivity index (χ0n) is 15.7. The normalized spacial score (nSPS) is 16.0. The summed E-state index contributed by atoms with van der Waals surface area (Å²) in [6.45, 7) is 11.3. The molecule has 1 fully saturated rings. The number of thiazole rings is 1. The molecule has 0 bridgehead atoms. The van der Waals surface area contributed by atoms with Gasteiger partial charge >= 0.3 is 6.09 Å². The van der Waals surface area contributed by atoms with Crippen molar-refractivity contribution in [3.8, 4) is 0 Å². The number of aryl methyl sites for hydroxylation is 1. The average molecular weight is 369 g/mol. The number of likely N-dealkylation sites (N-methyl/N-ethyl adjacent to an activating group) is 1. The van der Waals surface area contributed by atoms with Crippen LogP contribution in [-0.4, -0.2) is 77.1 Å². The van der Waals surface area contributed by atoms with Crippen molar-refractivity contribution < 1.29 is 14.3 Å². The lowest BCUT2D eigenvalue weighted by molar-refractivity contribution is -0.133. The van der Waals surface area contributed by atoms with Crippen LogP contribution in [0.5, 0.6) is 0 Å². The first-order valence-electron chi connectivity index (χ1n) is 8.49. The second-order valence-electron chi connectivity index (χ2n) is 7.35. The van der Waals surface area contributed by atoms with E-state index in [-0.39, 0.29) is 12.5 Å². The van der Waals surface area contributed by atoms with Gasteiger partial charge in [0.25, 0.3) is 0 Å². The maximum atomic E-state index is 12.4. The maximum absolute atomic E-state index is 12.4. The fourth-order valence-corrected chi connectivity index (χ4v) is 3.18. The van der Waals surface area contributed by atoms with E-state index >= 15 is 0 Å². The Morgan fingerprint density at radius 1 is 1.28 bits per heavy atom. The highest BCUT2D eigenvalue weighted by Gasteiger charge is 2.25. The van der Waals surface area contributed by atoms with E-state index in [0.717, 1.165) is 30.3 Å². The van der Waals surface area contributed by atoms with E-state index in [1.807, 2.05) is 32.6 Å². The summed E-state index contributed by atoms with van der Waals surface area (Å²) < 4.78 is 5.28. The Kier molecular flexibility index (Phi) is 6.40. The van der Waals surface area contributed by atoms with Crippen molar-refractivity contribution in [2.45, 2.75) is 39.8 Å². The third-order valence-corrected chi connectivity index (χ3v) is 4.68. The molecule has 2 amide bonds. The third-order valence-electron chi connectivity index (χ3n) is 3.85. The van der Waals surface area contributed by atoms with Gasteiger partial charge in [0.15, 0.2) is 0 Å². The Morgan fingerprint density at radius 3 is 2.44 bits per heavy atom. The van der Waals surface area contributed by atoms with Crippen molar-refractivity contribution in [2.75, 3.05) is 39.8 Å². The van der Waals surface area contributed by atoms with Crippen LogP contribution in [0.15, 0.2) is 5.38 Å². The molecule has 2 rings (SSSR count). The second kappa shape index (κ2) is 8.14. The fourth-order valence-electron chi connectivity index (χ4n) is 2.57. The molecule has 1 aromatic heterocycles. The summed E-state index contributed by atoms with van der Waals surface area (Å²) in [7, 11) is 1.59. The van der Waals surface area contributed by atoms with E-state index in [0.29, 0.717) is 13.1 Å². The SMILES string of the molecule is Cc1nc(CN2CCN(C(=O)CN(C)C(=O)OC(C)(C)C)CC2)cs1. The minimum Gasteiger partial charge on any atom is -0.444 e. The lowest BCUT2D eigenvalue weighted by Gasteiger charge is -2.35. The smallest absolute Gasteiger partial charge is 0.410 e. The zero-order valence-corrected chi connectivity index (χ0v) is 16.6. The largest absolute Gasteiger partial charge is 0.444 e. The number of hydrogen-bond donors (Lipinski definition) is 0. The average Bonchev–Trinajstić information content (AvgIpc) is 2.91. The van der Waals surface area contributed by atoms with E-state index in [4.69, 9.17) is 4.74 Å². The highest BCUT2D eigenvalue weighted by Crippen LogP contribution is 2.13. The van der Waals surface area contributed by atoms with Crippen LogP contribution in [0, 0.1) is 6.92 Å². The summed E-state index contributed by atoms with van der Waals surface area (Å²) in [6.07, 6.45) is -0.474. The zero-order chi connectivity index (χ0) is 18.6. The van der Waals surface area contributed by atoms with Gasteiger partial charge in [-0.2, -0.15) is 0 Å². The molecule has 0 aliphatic carbocycles. The third kappa shape index (κ3) is 6.28. The molecule has 0 saturated carbocycles. The number of piperazine rings is 1. The first-order chi connectivity index (χ1) is 11.6. The number of rotatable bonds is 4. The molecule has 1 aliphatic heterocycles. The van der Waals surface area contributed by atoms with Gasteiger partial charge in [0, 0.05) is 45.2 Å². The van der Waals surface area contributed by atoms with Crippen LogP contribution in [0.3, 0.4) is 0 Å². The number of ether oxygens (including phenoxy) is 1. The molecule has 0 unspecified atom stereocenters. The van der Waals surface area contributed by atoms with Crippen LogP contribution in [0.4, 0.5) is 4.79 Å². The van der Waals surface area contributed by atoms with E-state index < -0.39 is 11.7 Å². The van der Waals surface area contributed by atoms with E-state index in [2.05, 4.69) is 15.3 Å².